The molecule has 0 heterocycles. The molecule has 0 amide bonds. The number of rotatable bonds is 4. The molecule has 0 bridgehead atoms. The molecule has 0 spiro atoms. The predicted molar refractivity (Wildman–Crippen MR) is 55.7 cm³/mol. The molecular weight excluding hydrogens is 176 g/mol. The number of Topliss-reactive ketones (excluding diaryl/α,β-unsaturated/α-hetero) is 2. The maximum atomic E-state index is 11.5. The lowest BCUT2D eigenvalue weighted by atomic mass is 10.0. The molecule has 2 heteroatoms. The van der Waals surface area contributed by atoms with E-state index in [9.17, 15) is 9.59 Å². The minimum atomic E-state index is -0.00357. The van der Waals surface area contributed by atoms with Gasteiger partial charge in [-0.2, -0.15) is 0 Å². The van der Waals surface area contributed by atoms with Crippen LogP contribution in [0, 0.1) is 0 Å². The standard InChI is InChI=1S/C12H14O2/c1-3-5-12(14)11-7-4-6-10(8-11)9(2)13/h4,6-8H,3,5H2,1-2H3. The SMILES string of the molecule is CCCC(=O)c1cccc(C(C)=O)c1. The normalized spacial score (nSPS) is 9.86. The molecule has 0 radical (unpaired) electrons. The van der Waals surface area contributed by atoms with E-state index in [-0.39, 0.29) is 11.6 Å². The van der Waals surface area contributed by atoms with Gasteiger partial charge < -0.3 is 0 Å². The first-order valence-electron chi connectivity index (χ1n) is 4.79. The highest BCUT2D eigenvalue weighted by molar-refractivity contribution is 6.00. The topological polar surface area (TPSA) is 34.1 Å². The summed E-state index contributed by atoms with van der Waals surface area (Å²) in [6, 6.07) is 6.90. The van der Waals surface area contributed by atoms with Crippen LogP contribution < -0.4 is 0 Å². The van der Waals surface area contributed by atoms with Crippen LogP contribution in [0.4, 0.5) is 0 Å². The average Bonchev–Trinajstić information content (AvgIpc) is 2.18. The summed E-state index contributed by atoms with van der Waals surface area (Å²) in [6.07, 6.45) is 1.38. The third kappa shape index (κ3) is 2.52. The Kier molecular flexibility index (Phi) is 3.57. The lowest BCUT2D eigenvalue weighted by Gasteiger charge is -2.00. The van der Waals surface area contributed by atoms with E-state index in [1.54, 1.807) is 24.3 Å². The first-order valence-corrected chi connectivity index (χ1v) is 4.79. The fourth-order valence-electron chi connectivity index (χ4n) is 1.28. The fourth-order valence-corrected chi connectivity index (χ4v) is 1.28. The maximum Gasteiger partial charge on any atom is 0.162 e. The zero-order valence-electron chi connectivity index (χ0n) is 8.54. The van der Waals surface area contributed by atoms with Gasteiger partial charge in [0.2, 0.25) is 0 Å². The van der Waals surface area contributed by atoms with Crippen LogP contribution in [0.3, 0.4) is 0 Å². The lowest BCUT2D eigenvalue weighted by molar-refractivity contribution is 0.0981. The van der Waals surface area contributed by atoms with Gasteiger partial charge in [-0.15, -0.1) is 0 Å². The molecule has 2 nitrogen and oxygen atoms in total. The maximum absolute atomic E-state index is 11.5. The highest BCUT2D eigenvalue weighted by Gasteiger charge is 2.06. The third-order valence-electron chi connectivity index (χ3n) is 2.07. The van der Waals surface area contributed by atoms with Crippen LogP contribution in [0.2, 0.25) is 0 Å². The van der Waals surface area contributed by atoms with Crippen molar-refractivity contribution < 1.29 is 9.59 Å². The second-order valence-electron chi connectivity index (χ2n) is 3.31. The van der Waals surface area contributed by atoms with Crippen molar-refractivity contribution in [2.45, 2.75) is 26.7 Å². The van der Waals surface area contributed by atoms with Crippen LogP contribution in [0.5, 0.6) is 0 Å². The number of benzene rings is 1. The quantitative estimate of drug-likeness (QED) is 0.684. The van der Waals surface area contributed by atoms with Gasteiger partial charge in [0.15, 0.2) is 11.6 Å². The van der Waals surface area contributed by atoms with Crippen molar-refractivity contribution in [3.8, 4) is 0 Å². The molecule has 0 aliphatic rings. The molecule has 0 atom stereocenters. The highest BCUT2D eigenvalue weighted by Crippen LogP contribution is 2.09. The average molecular weight is 190 g/mol. The van der Waals surface area contributed by atoms with E-state index < -0.39 is 0 Å². The molecule has 74 valence electrons. The van der Waals surface area contributed by atoms with Crippen LogP contribution in [-0.2, 0) is 0 Å². The van der Waals surface area contributed by atoms with Gasteiger partial charge in [-0.3, -0.25) is 9.59 Å². The number of hydrogen-bond acceptors (Lipinski definition) is 2. The zero-order valence-corrected chi connectivity index (χ0v) is 8.54. The third-order valence-corrected chi connectivity index (χ3v) is 2.07. The van der Waals surface area contributed by atoms with E-state index in [1.807, 2.05) is 6.92 Å². The molecule has 1 aromatic carbocycles. The fraction of sp³-hybridized carbons (Fsp3) is 0.333. The summed E-state index contributed by atoms with van der Waals surface area (Å²) in [5.41, 5.74) is 1.24. The van der Waals surface area contributed by atoms with Gasteiger partial charge in [-0.05, 0) is 19.4 Å². The summed E-state index contributed by atoms with van der Waals surface area (Å²) in [7, 11) is 0. The minimum Gasteiger partial charge on any atom is -0.295 e. The first-order chi connectivity index (χ1) is 6.65. The first kappa shape index (κ1) is 10.6. The molecule has 1 rings (SSSR count). The Morgan fingerprint density at radius 2 is 1.86 bits per heavy atom. The van der Waals surface area contributed by atoms with E-state index >= 15 is 0 Å². The van der Waals surface area contributed by atoms with Crippen molar-refractivity contribution in [2.75, 3.05) is 0 Å². The number of ketones is 2. The van der Waals surface area contributed by atoms with Gasteiger partial charge in [-0.1, -0.05) is 25.1 Å². The second kappa shape index (κ2) is 4.70. The monoisotopic (exact) mass is 190 g/mol. The summed E-state index contributed by atoms with van der Waals surface area (Å²) >= 11 is 0. The van der Waals surface area contributed by atoms with Crippen molar-refractivity contribution in [1.29, 1.82) is 0 Å². The number of carbonyl (C=O) groups is 2. The Morgan fingerprint density at radius 1 is 1.21 bits per heavy atom. The Balaban J connectivity index is 2.93. The van der Waals surface area contributed by atoms with Gasteiger partial charge in [0.05, 0.1) is 0 Å². The Bertz CT molecular complexity index is 353. The van der Waals surface area contributed by atoms with Gasteiger partial charge in [0, 0.05) is 17.5 Å². The molecule has 0 saturated heterocycles. The van der Waals surface area contributed by atoms with Crippen LogP contribution in [-0.4, -0.2) is 11.6 Å². The molecule has 14 heavy (non-hydrogen) atoms. The van der Waals surface area contributed by atoms with Crippen molar-refractivity contribution in [1.82, 2.24) is 0 Å². The molecule has 1 aromatic rings. The van der Waals surface area contributed by atoms with Gasteiger partial charge >= 0.3 is 0 Å². The van der Waals surface area contributed by atoms with Crippen LogP contribution >= 0.6 is 0 Å². The predicted octanol–water partition coefficient (Wildman–Crippen LogP) is 2.87. The molecule has 0 saturated carbocycles. The molecule has 0 aliphatic carbocycles. The minimum absolute atomic E-state index is 0.00357. The summed E-state index contributed by atoms with van der Waals surface area (Å²) in [4.78, 5) is 22.6. The van der Waals surface area contributed by atoms with E-state index in [2.05, 4.69) is 0 Å². The highest BCUT2D eigenvalue weighted by atomic mass is 16.1. The molecule has 0 unspecified atom stereocenters. The summed E-state index contributed by atoms with van der Waals surface area (Å²) in [5.74, 6) is 0.103. The van der Waals surface area contributed by atoms with Crippen molar-refractivity contribution in [2.24, 2.45) is 0 Å². The molecule has 0 aliphatic heterocycles. The van der Waals surface area contributed by atoms with E-state index in [1.165, 1.54) is 6.92 Å². The summed E-state index contributed by atoms with van der Waals surface area (Å²) in [6.45, 7) is 3.47. The van der Waals surface area contributed by atoms with Crippen LogP contribution in [0.15, 0.2) is 24.3 Å². The van der Waals surface area contributed by atoms with Gasteiger partial charge in [-0.25, -0.2) is 0 Å². The van der Waals surface area contributed by atoms with E-state index in [0.717, 1.165) is 6.42 Å². The van der Waals surface area contributed by atoms with E-state index in [4.69, 9.17) is 0 Å². The molecule has 0 aromatic heterocycles. The zero-order chi connectivity index (χ0) is 10.6. The van der Waals surface area contributed by atoms with Gasteiger partial charge in [0.25, 0.3) is 0 Å². The van der Waals surface area contributed by atoms with Crippen LogP contribution in [0.1, 0.15) is 47.4 Å². The van der Waals surface area contributed by atoms with Crippen molar-refractivity contribution in [3.05, 3.63) is 35.4 Å². The molecular formula is C12H14O2. The van der Waals surface area contributed by atoms with Crippen molar-refractivity contribution in [3.63, 3.8) is 0 Å². The Morgan fingerprint density at radius 3 is 2.43 bits per heavy atom. The Labute approximate surface area is 83.9 Å². The van der Waals surface area contributed by atoms with Crippen LogP contribution in [0.25, 0.3) is 0 Å². The number of carbonyl (C=O) groups excluding carboxylic acids is 2. The summed E-state index contributed by atoms with van der Waals surface area (Å²) in [5, 5.41) is 0. The largest absolute Gasteiger partial charge is 0.295 e. The second-order valence-corrected chi connectivity index (χ2v) is 3.31. The number of hydrogen-bond donors (Lipinski definition) is 0. The molecule has 0 N–H and O–H groups in total. The van der Waals surface area contributed by atoms with Crippen molar-refractivity contribution >= 4 is 11.6 Å². The van der Waals surface area contributed by atoms with Gasteiger partial charge in [0.1, 0.15) is 0 Å². The Hall–Kier alpha value is -1.44. The molecule has 0 fully saturated rings. The lowest BCUT2D eigenvalue weighted by Crippen LogP contribution is -2.00. The van der Waals surface area contributed by atoms with E-state index in [0.29, 0.717) is 17.5 Å². The smallest absolute Gasteiger partial charge is 0.162 e. The summed E-state index contributed by atoms with van der Waals surface area (Å²) < 4.78 is 0.